The van der Waals surface area contributed by atoms with E-state index in [2.05, 4.69) is 5.32 Å². The van der Waals surface area contributed by atoms with Crippen LogP contribution in [-0.4, -0.2) is 61.4 Å². The molecule has 29 heavy (non-hydrogen) atoms. The van der Waals surface area contributed by atoms with Gasteiger partial charge in [0.25, 0.3) is 0 Å². The third-order valence-corrected chi connectivity index (χ3v) is 7.41. The molecule has 0 spiro atoms. The van der Waals surface area contributed by atoms with Crippen LogP contribution in [0.4, 0.5) is 0 Å². The number of carboxylic acid groups (broad SMARTS) is 1. The van der Waals surface area contributed by atoms with Gasteiger partial charge in [0, 0.05) is 12.7 Å². The molecule has 9 heteroatoms. The van der Waals surface area contributed by atoms with E-state index >= 15 is 0 Å². The Kier molecular flexibility index (Phi) is 7.23. The summed E-state index contributed by atoms with van der Waals surface area (Å²) < 4.78 is 0. The Morgan fingerprint density at radius 3 is 2.66 bits per heavy atom. The van der Waals surface area contributed by atoms with E-state index in [-0.39, 0.29) is 22.3 Å². The number of hydrogen-bond donors (Lipinski definition) is 2. The maximum Gasteiger partial charge on any atom is 0.327 e. The first-order chi connectivity index (χ1) is 13.9. The fourth-order valence-electron chi connectivity index (χ4n) is 3.69. The molecular weight excluding hydrogens is 412 g/mol. The van der Waals surface area contributed by atoms with Gasteiger partial charge in [-0.2, -0.15) is 0 Å². The van der Waals surface area contributed by atoms with E-state index in [1.807, 2.05) is 30.3 Å². The number of nitrogens with zero attached hydrogens (tertiary/aromatic N) is 1. The zero-order valence-corrected chi connectivity index (χ0v) is 17.7. The molecule has 4 atom stereocenters. The average molecular weight is 437 g/mol. The van der Waals surface area contributed by atoms with Crippen LogP contribution in [0.25, 0.3) is 0 Å². The number of carboxylic acids is 1. The number of fused-ring (bicyclic) bond motifs is 1. The van der Waals surface area contributed by atoms with Crippen LogP contribution in [0.3, 0.4) is 0 Å². The Bertz CT molecular complexity index is 788. The molecule has 0 saturated carbocycles. The summed E-state index contributed by atoms with van der Waals surface area (Å²) in [5.74, 6) is -1.37. The molecule has 0 radical (unpaired) electrons. The lowest BCUT2D eigenvalue weighted by atomic mass is 10.1. The molecule has 2 amide bonds. The maximum absolute atomic E-state index is 13.0. The Morgan fingerprint density at radius 1 is 1.28 bits per heavy atom. The molecule has 2 aliphatic rings. The minimum absolute atomic E-state index is 0.155. The number of carbonyl (C=O) groups is 4. The van der Waals surface area contributed by atoms with E-state index in [4.69, 9.17) is 0 Å². The number of rotatable bonds is 6. The highest BCUT2D eigenvalue weighted by Crippen LogP contribution is 2.35. The molecule has 1 aromatic carbocycles. The van der Waals surface area contributed by atoms with E-state index in [1.165, 1.54) is 23.6 Å². The number of aliphatic carboxylic acids is 1. The number of amides is 2. The first-order valence-corrected chi connectivity index (χ1v) is 11.5. The van der Waals surface area contributed by atoms with Crippen molar-refractivity contribution in [1.29, 1.82) is 0 Å². The predicted octanol–water partition coefficient (Wildman–Crippen LogP) is 1.90. The summed E-state index contributed by atoms with van der Waals surface area (Å²) in [5, 5.41) is 11.3. The summed E-state index contributed by atoms with van der Waals surface area (Å²) >= 11 is 2.43. The third kappa shape index (κ3) is 5.33. The van der Waals surface area contributed by atoms with Gasteiger partial charge in [-0.3, -0.25) is 14.4 Å². The quantitative estimate of drug-likeness (QED) is 0.702. The van der Waals surface area contributed by atoms with Crippen LogP contribution in [0.15, 0.2) is 30.3 Å². The van der Waals surface area contributed by atoms with Crippen LogP contribution in [0.1, 0.15) is 31.7 Å². The third-order valence-electron chi connectivity index (χ3n) is 5.06. The summed E-state index contributed by atoms with van der Waals surface area (Å²) in [7, 11) is 0. The van der Waals surface area contributed by atoms with E-state index in [0.29, 0.717) is 25.0 Å². The monoisotopic (exact) mass is 436 g/mol. The Balaban J connectivity index is 1.73. The molecule has 0 aromatic heterocycles. The smallest absolute Gasteiger partial charge is 0.327 e. The number of thioether (sulfide) groups is 2. The molecule has 3 rings (SSSR count). The largest absolute Gasteiger partial charge is 0.480 e. The lowest BCUT2D eigenvalue weighted by Crippen LogP contribution is -2.54. The summed E-state index contributed by atoms with van der Waals surface area (Å²) in [5.41, 5.74) is 0.926. The van der Waals surface area contributed by atoms with Gasteiger partial charge in [-0.05, 0) is 31.2 Å². The Labute approximate surface area is 178 Å². The molecule has 1 aromatic rings. The molecule has 0 aliphatic carbocycles. The van der Waals surface area contributed by atoms with Crippen molar-refractivity contribution < 1.29 is 24.3 Å². The molecule has 4 unspecified atom stereocenters. The molecular formula is C20H24N2O5S2. The lowest BCUT2D eigenvalue weighted by Gasteiger charge is -2.28. The molecule has 2 N–H and O–H groups in total. The van der Waals surface area contributed by atoms with Crippen LogP contribution < -0.4 is 5.32 Å². The molecule has 2 heterocycles. The fraction of sp³-hybridized carbons (Fsp3) is 0.500. The van der Waals surface area contributed by atoms with Gasteiger partial charge in [0.1, 0.15) is 12.1 Å². The van der Waals surface area contributed by atoms with Crippen molar-refractivity contribution in [1.82, 2.24) is 10.2 Å². The first-order valence-electron chi connectivity index (χ1n) is 9.55. The van der Waals surface area contributed by atoms with Crippen LogP contribution in [0, 0.1) is 0 Å². The molecule has 156 valence electrons. The standard InChI is InChI=1S/C20H24N2O5S2/c1-12(23)29-16(10-13-6-3-2-4-7-13)18(24)21-14-8-5-9-17-22(19(14)25)15(11-28-17)20(26)27/h2-4,6-7,14-17H,5,8-11H2,1H3,(H,21,24)(H,26,27). The SMILES string of the molecule is CC(=O)SC(Cc1ccccc1)C(=O)NC1CCCC2SCC(C(=O)O)N2C1=O. The van der Waals surface area contributed by atoms with Crippen LogP contribution in [0.5, 0.6) is 0 Å². The van der Waals surface area contributed by atoms with Crippen molar-refractivity contribution in [3.63, 3.8) is 0 Å². The number of carbonyl (C=O) groups excluding carboxylic acids is 3. The van der Waals surface area contributed by atoms with Gasteiger partial charge in [-0.25, -0.2) is 4.79 Å². The van der Waals surface area contributed by atoms with Gasteiger partial charge in [0.2, 0.25) is 11.8 Å². The van der Waals surface area contributed by atoms with E-state index in [9.17, 15) is 24.3 Å². The Morgan fingerprint density at radius 2 is 2.00 bits per heavy atom. The van der Waals surface area contributed by atoms with Gasteiger partial charge in [-0.1, -0.05) is 42.1 Å². The molecule has 2 fully saturated rings. The van der Waals surface area contributed by atoms with Crippen LogP contribution in [-0.2, 0) is 25.6 Å². The predicted molar refractivity (Wildman–Crippen MR) is 113 cm³/mol. The number of hydrogen-bond acceptors (Lipinski definition) is 6. The van der Waals surface area contributed by atoms with Crippen molar-refractivity contribution in [2.24, 2.45) is 0 Å². The molecule has 2 saturated heterocycles. The minimum Gasteiger partial charge on any atom is -0.480 e. The van der Waals surface area contributed by atoms with Gasteiger partial charge in [-0.15, -0.1) is 11.8 Å². The molecule has 0 bridgehead atoms. The van der Waals surface area contributed by atoms with E-state index in [0.717, 1.165) is 23.7 Å². The molecule has 2 aliphatic heterocycles. The van der Waals surface area contributed by atoms with E-state index < -0.39 is 23.3 Å². The van der Waals surface area contributed by atoms with Crippen LogP contribution >= 0.6 is 23.5 Å². The van der Waals surface area contributed by atoms with Crippen molar-refractivity contribution >= 4 is 46.4 Å². The topological polar surface area (TPSA) is 104 Å². The lowest BCUT2D eigenvalue weighted by molar-refractivity contribution is -0.149. The van der Waals surface area contributed by atoms with Gasteiger partial charge in [0.05, 0.1) is 10.6 Å². The second kappa shape index (κ2) is 9.67. The fourth-order valence-corrected chi connectivity index (χ4v) is 5.99. The zero-order chi connectivity index (χ0) is 21.0. The summed E-state index contributed by atoms with van der Waals surface area (Å²) in [6.45, 7) is 1.41. The maximum atomic E-state index is 13.0. The first kappa shape index (κ1) is 21.7. The van der Waals surface area contributed by atoms with Crippen molar-refractivity contribution in [2.75, 3.05) is 5.75 Å². The van der Waals surface area contributed by atoms with Crippen LogP contribution in [0.2, 0.25) is 0 Å². The highest BCUT2D eigenvalue weighted by Gasteiger charge is 2.45. The second-order valence-electron chi connectivity index (χ2n) is 7.17. The average Bonchev–Trinajstić information content (AvgIpc) is 3.04. The van der Waals surface area contributed by atoms with Crippen molar-refractivity contribution in [2.45, 2.75) is 55.3 Å². The van der Waals surface area contributed by atoms with Crippen molar-refractivity contribution in [3.05, 3.63) is 35.9 Å². The van der Waals surface area contributed by atoms with Gasteiger partial charge in [0.15, 0.2) is 5.12 Å². The summed E-state index contributed by atoms with van der Waals surface area (Å²) in [6, 6.07) is 7.77. The number of benzene rings is 1. The highest BCUT2D eigenvalue weighted by molar-refractivity contribution is 8.14. The second-order valence-corrected chi connectivity index (χ2v) is 9.76. The minimum atomic E-state index is -1.02. The molecule has 7 nitrogen and oxygen atoms in total. The van der Waals surface area contributed by atoms with Crippen molar-refractivity contribution in [3.8, 4) is 0 Å². The zero-order valence-electron chi connectivity index (χ0n) is 16.1. The van der Waals surface area contributed by atoms with Gasteiger partial charge >= 0.3 is 5.97 Å². The van der Waals surface area contributed by atoms with Gasteiger partial charge < -0.3 is 15.3 Å². The Hall–Kier alpha value is -2.00. The highest BCUT2D eigenvalue weighted by atomic mass is 32.2. The summed E-state index contributed by atoms with van der Waals surface area (Å²) in [4.78, 5) is 50.6. The normalized spacial score (nSPS) is 25.1. The summed E-state index contributed by atoms with van der Waals surface area (Å²) in [6.07, 6.45) is 2.27. The number of nitrogens with one attached hydrogen (secondary N) is 1. The van der Waals surface area contributed by atoms with E-state index in [1.54, 1.807) is 0 Å².